The first-order chi connectivity index (χ1) is 7.84. The molecule has 86 valence electrons. The molecule has 0 aromatic heterocycles. The molecule has 16 heavy (non-hydrogen) atoms. The van der Waals surface area contributed by atoms with Gasteiger partial charge in [-0.15, -0.1) is 0 Å². The minimum absolute atomic E-state index is 0.230. The average molecular weight is 217 g/mol. The summed E-state index contributed by atoms with van der Waals surface area (Å²) >= 11 is 0. The van der Waals surface area contributed by atoms with Gasteiger partial charge in [0, 0.05) is 32.7 Å². The van der Waals surface area contributed by atoms with Crippen molar-refractivity contribution in [2.75, 3.05) is 26.2 Å². The van der Waals surface area contributed by atoms with Crippen LogP contribution in [-0.2, 0) is 13.0 Å². The molecule has 0 unspecified atom stereocenters. The molecule has 2 aliphatic heterocycles. The first kappa shape index (κ1) is 10.3. The molecule has 0 radical (unpaired) electrons. The van der Waals surface area contributed by atoms with E-state index in [0.29, 0.717) is 0 Å². The molecule has 2 heterocycles. The number of fused-ring (bicyclic) bond motifs is 1. The molecule has 3 N–H and O–H groups in total. The fourth-order valence-electron chi connectivity index (χ4n) is 2.81. The monoisotopic (exact) mass is 217 g/mol. The zero-order chi connectivity index (χ0) is 11.0. The lowest BCUT2D eigenvalue weighted by Gasteiger charge is -2.51. The zero-order valence-corrected chi connectivity index (χ0v) is 9.58. The first-order valence-electron chi connectivity index (χ1n) is 6.07. The molecule has 1 aromatic carbocycles. The maximum Gasteiger partial charge on any atom is 0.0584 e. The Kier molecular flexibility index (Phi) is 2.46. The van der Waals surface area contributed by atoms with Crippen LogP contribution in [0.5, 0.6) is 0 Å². The van der Waals surface area contributed by atoms with Crippen LogP contribution in [0.4, 0.5) is 0 Å². The smallest absolute Gasteiger partial charge is 0.0584 e. The number of hydrogen-bond donors (Lipinski definition) is 2. The molecule has 3 rings (SSSR count). The second-order valence-corrected chi connectivity index (χ2v) is 4.97. The Morgan fingerprint density at radius 3 is 2.62 bits per heavy atom. The van der Waals surface area contributed by atoms with Crippen molar-refractivity contribution in [2.24, 2.45) is 5.73 Å². The minimum atomic E-state index is 0.230. The van der Waals surface area contributed by atoms with Gasteiger partial charge in [-0.2, -0.15) is 0 Å². The van der Waals surface area contributed by atoms with E-state index in [2.05, 4.69) is 34.5 Å². The van der Waals surface area contributed by atoms with Crippen molar-refractivity contribution in [1.82, 2.24) is 10.2 Å². The fraction of sp³-hybridized carbons (Fsp3) is 0.538. The third kappa shape index (κ3) is 1.47. The first-order valence-corrected chi connectivity index (χ1v) is 6.07. The number of nitrogens with one attached hydrogen (secondary N) is 1. The van der Waals surface area contributed by atoms with E-state index in [-0.39, 0.29) is 5.54 Å². The maximum absolute atomic E-state index is 5.94. The molecule has 1 aromatic rings. The summed E-state index contributed by atoms with van der Waals surface area (Å²) in [7, 11) is 0. The number of nitrogens with zero attached hydrogens (tertiary/aromatic N) is 1. The van der Waals surface area contributed by atoms with Crippen molar-refractivity contribution in [3.8, 4) is 0 Å². The van der Waals surface area contributed by atoms with Crippen LogP contribution in [0.3, 0.4) is 0 Å². The molecule has 0 atom stereocenters. The zero-order valence-electron chi connectivity index (χ0n) is 9.58. The Morgan fingerprint density at radius 2 is 2.00 bits per heavy atom. The summed E-state index contributed by atoms with van der Waals surface area (Å²) in [5, 5.41) is 3.35. The van der Waals surface area contributed by atoms with Crippen molar-refractivity contribution >= 4 is 0 Å². The highest BCUT2D eigenvalue weighted by Gasteiger charge is 2.42. The van der Waals surface area contributed by atoms with Gasteiger partial charge in [-0.1, -0.05) is 24.3 Å². The van der Waals surface area contributed by atoms with Crippen molar-refractivity contribution in [3.63, 3.8) is 0 Å². The minimum Gasteiger partial charge on any atom is -0.329 e. The second kappa shape index (κ2) is 3.84. The molecular formula is C13H19N3. The van der Waals surface area contributed by atoms with Gasteiger partial charge >= 0.3 is 0 Å². The topological polar surface area (TPSA) is 41.3 Å². The molecule has 2 aliphatic rings. The van der Waals surface area contributed by atoms with Gasteiger partial charge in [0.2, 0.25) is 0 Å². The SMILES string of the molecule is NCC1(N2CCc3ccccc3C2)CNC1. The normalized spacial score (nSPS) is 23.6. The predicted octanol–water partition coefficient (Wildman–Crippen LogP) is 0.345. The maximum atomic E-state index is 5.94. The molecule has 1 fully saturated rings. The molecule has 3 heteroatoms. The molecular weight excluding hydrogens is 198 g/mol. The summed E-state index contributed by atoms with van der Waals surface area (Å²) in [4.78, 5) is 2.56. The Labute approximate surface area is 96.6 Å². The van der Waals surface area contributed by atoms with Gasteiger partial charge in [-0.25, -0.2) is 0 Å². The van der Waals surface area contributed by atoms with Crippen LogP contribution in [0.15, 0.2) is 24.3 Å². The summed E-state index contributed by atoms with van der Waals surface area (Å²) in [5.74, 6) is 0. The van der Waals surface area contributed by atoms with Gasteiger partial charge in [0.05, 0.1) is 5.54 Å². The molecule has 0 bridgehead atoms. The van der Waals surface area contributed by atoms with E-state index < -0.39 is 0 Å². The van der Waals surface area contributed by atoms with Crippen molar-refractivity contribution in [2.45, 2.75) is 18.5 Å². The third-order valence-electron chi connectivity index (χ3n) is 4.09. The van der Waals surface area contributed by atoms with Crippen LogP contribution < -0.4 is 11.1 Å². The number of benzene rings is 1. The van der Waals surface area contributed by atoms with Gasteiger partial charge in [-0.3, -0.25) is 4.90 Å². The van der Waals surface area contributed by atoms with E-state index in [9.17, 15) is 0 Å². The number of rotatable bonds is 2. The lowest BCUT2D eigenvalue weighted by Crippen LogP contribution is -2.72. The molecule has 0 saturated carbocycles. The Bertz CT molecular complexity index is 379. The summed E-state index contributed by atoms with van der Waals surface area (Å²) < 4.78 is 0. The molecule has 3 nitrogen and oxygen atoms in total. The van der Waals surface area contributed by atoms with Crippen LogP contribution in [0.25, 0.3) is 0 Å². The van der Waals surface area contributed by atoms with Gasteiger partial charge in [-0.05, 0) is 17.5 Å². The Hall–Kier alpha value is -0.900. The summed E-state index contributed by atoms with van der Waals surface area (Å²) in [6.07, 6.45) is 1.16. The van der Waals surface area contributed by atoms with Gasteiger partial charge in [0.1, 0.15) is 0 Å². The van der Waals surface area contributed by atoms with Gasteiger partial charge < -0.3 is 11.1 Å². The van der Waals surface area contributed by atoms with Crippen molar-refractivity contribution in [3.05, 3.63) is 35.4 Å². The van der Waals surface area contributed by atoms with Gasteiger partial charge in [0.15, 0.2) is 0 Å². The summed E-state index contributed by atoms with van der Waals surface area (Å²) in [6, 6.07) is 8.77. The standard InChI is InChI=1S/C13H19N3/c14-8-13(9-15-10-13)16-6-5-11-3-1-2-4-12(11)7-16/h1-4,15H,5-10,14H2. The average Bonchev–Trinajstić information content (AvgIpc) is 2.28. The Morgan fingerprint density at radius 1 is 1.25 bits per heavy atom. The molecule has 1 saturated heterocycles. The lowest BCUT2D eigenvalue weighted by atomic mass is 9.87. The van der Waals surface area contributed by atoms with Crippen LogP contribution in [0.2, 0.25) is 0 Å². The van der Waals surface area contributed by atoms with E-state index in [1.807, 2.05) is 0 Å². The second-order valence-electron chi connectivity index (χ2n) is 4.97. The fourth-order valence-corrected chi connectivity index (χ4v) is 2.81. The van der Waals surface area contributed by atoms with Gasteiger partial charge in [0.25, 0.3) is 0 Å². The highest BCUT2D eigenvalue weighted by molar-refractivity contribution is 5.30. The van der Waals surface area contributed by atoms with E-state index in [1.54, 1.807) is 0 Å². The predicted molar refractivity (Wildman–Crippen MR) is 65.2 cm³/mol. The lowest BCUT2D eigenvalue weighted by molar-refractivity contribution is 0.0329. The van der Waals surface area contributed by atoms with E-state index in [4.69, 9.17) is 5.73 Å². The number of nitrogens with two attached hydrogens (primary N) is 1. The largest absolute Gasteiger partial charge is 0.329 e. The number of hydrogen-bond acceptors (Lipinski definition) is 3. The van der Waals surface area contributed by atoms with Crippen LogP contribution in [0.1, 0.15) is 11.1 Å². The van der Waals surface area contributed by atoms with E-state index in [0.717, 1.165) is 39.1 Å². The Balaban J connectivity index is 1.82. The van der Waals surface area contributed by atoms with Crippen LogP contribution in [0, 0.1) is 0 Å². The quantitative estimate of drug-likeness (QED) is 0.751. The van der Waals surface area contributed by atoms with Crippen LogP contribution in [-0.4, -0.2) is 36.6 Å². The summed E-state index contributed by atoms with van der Waals surface area (Å²) in [6.45, 7) is 5.07. The van der Waals surface area contributed by atoms with E-state index >= 15 is 0 Å². The molecule has 0 spiro atoms. The highest BCUT2D eigenvalue weighted by Crippen LogP contribution is 2.27. The van der Waals surface area contributed by atoms with E-state index in [1.165, 1.54) is 11.1 Å². The highest BCUT2D eigenvalue weighted by atomic mass is 15.3. The molecule has 0 amide bonds. The van der Waals surface area contributed by atoms with Crippen molar-refractivity contribution in [1.29, 1.82) is 0 Å². The van der Waals surface area contributed by atoms with Crippen LogP contribution >= 0.6 is 0 Å². The van der Waals surface area contributed by atoms with Crippen molar-refractivity contribution < 1.29 is 0 Å². The summed E-state index contributed by atoms with van der Waals surface area (Å²) in [5.41, 5.74) is 9.16. The third-order valence-corrected chi connectivity index (χ3v) is 4.09. The molecule has 0 aliphatic carbocycles.